The van der Waals surface area contributed by atoms with Crippen LogP contribution in [0.1, 0.15) is 18.1 Å². The molecule has 2 amide bonds. The fourth-order valence-electron chi connectivity index (χ4n) is 2.43. The van der Waals surface area contributed by atoms with Gasteiger partial charge in [0.05, 0.1) is 5.94 Å². The van der Waals surface area contributed by atoms with Crippen molar-refractivity contribution < 1.29 is 32.8 Å². The molecule has 1 aromatic carbocycles. The summed E-state index contributed by atoms with van der Waals surface area (Å²) in [5.41, 5.74) is 1.48. The van der Waals surface area contributed by atoms with Crippen LogP contribution in [0.3, 0.4) is 0 Å². The largest absolute Gasteiger partial charge is 0.475 e. The highest BCUT2D eigenvalue weighted by Gasteiger charge is 2.34. The van der Waals surface area contributed by atoms with Crippen LogP contribution < -0.4 is 5.32 Å². The van der Waals surface area contributed by atoms with Crippen molar-refractivity contribution in [2.45, 2.75) is 31.9 Å². The Labute approximate surface area is 166 Å². The van der Waals surface area contributed by atoms with Gasteiger partial charge in [-0.05, 0) is 36.1 Å². The summed E-state index contributed by atoms with van der Waals surface area (Å²) in [6.45, 7) is 2.48. The predicted molar refractivity (Wildman–Crippen MR) is 99.5 cm³/mol. The number of carbonyl (C=O) groups is 2. The van der Waals surface area contributed by atoms with E-state index in [0.717, 1.165) is 12.0 Å². The van der Waals surface area contributed by atoms with E-state index in [0.29, 0.717) is 16.7 Å². The summed E-state index contributed by atoms with van der Waals surface area (Å²) in [5.74, 6) is -3.30. The van der Waals surface area contributed by atoms with Crippen molar-refractivity contribution in [3.8, 4) is 0 Å². The monoisotopic (exact) mass is 420 g/mol. The molecule has 1 atom stereocenters. The molecule has 0 aliphatic heterocycles. The van der Waals surface area contributed by atoms with Gasteiger partial charge in [0.2, 0.25) is 11.8 Å². The smallest absolute Gasteiger partial charge is 0.426 e. The number of nitrogens with zero attached hydrogens (tertiary/aromatic N) is 1. The molecule has 0 radical (unpaired) electrons. The van der Waals surface area contributed by atoms with Crippen LogP contribution >= 0.6 is 11.6 Å². The number of rotatable bonds is 9. The number of hydrogen-bond acceptors (Lipinski definition) is 4. The molecule has 3 N–H and O–H groups in total. The maximum Gasteiger partial charge on any atom is 0.475 e. The second kappa shape index (κ2) is 10.5. The second-order valence-corrected chi connectivity index (χ2v) is 6.49. The third-order valence-electron chi connectivity index (χ3n) is 3.86. The summed E-state index contributed by atoms with van der Waals surface area (Å²) < 4.78 is 37.7. The lowest BCUT2D eigenvalue weighted by Crippen LogP contribution is -2.52. The predicted octanol–water partition coefficient (Wildman–Crippen LogP) is 1.52. The minimum absolute atomic E-state index is 0.0685. The van der Waals surface area contributed by atoms with Crippen LogP contribution in [0.5, 0.6) is 0 Å². The molecular weight excluding hydrogens is 399 g/mol. The molecule has 0 aromatic heterocycles. The van der Waals surface area contributed by atoms with Crippen LogP contribution in [0.4, 0.5) is 13.2 Å². The van der Waals surface area contributed by atoms with Gasteiger partial charge >= 0.3 is 13.3 Å². The second-order valence-electron chi connectivity index (χ2n) is 6.08. The summed E-state index contributed by atoms with van der Waals surface area (Å²) in [4.78, 5) is 23.9. The number of aryl methyl sites for hydroxylation is 1. The molecule has 1 rings (SSSR count). The molecule has 0 fully saturated rings. The van der Waals surface area contributed by atoms with Crippen molar-refractivity contribution in [3.05, 3.63) is 47.0 Å². The molecule has 0 bridgehead atoms. The Kier molecular flexibility index (Phi) is 9.00. The third kappa shape index (κ3) is 7.91. The van der Waals surface area contributed by atoms with Gasteiger partial charge in [-0.15, -0.1) is 0 Å². The lowest BCUT2D eigenvalue weighted by atomic mass is 9.76. The quantitative estimate of drug-likeness (QED) is 0.417. The van der Waals surface area contributed by atoms with Gasteiger partial charge in [-0.3, -0.25) is 9.59 Å². The molecular formula is C17H21BClF3N2O4. The zero-order valence-corrected chi connectivity index (χ0v) is 15.9. The molecule has 0 heterocycles. The van der Waals surface area contributed by atoms with Crippen LogP contribution in [0, 0.1) is 0 Å². The lowest BCUT2D eigenvalue weighted by Gasteiger charge is -2.24. The number of hydrogen-bond donors (Lipinski definition) is 3. The standard InChI is InChI=1S/C17H21BClF3N2O4/c1-3-11-5-6-12(13(19)7-11)8-14(18(27)28)23-15(25)9-24(16(26)4-2)10-17(20,21)22/h4-7,14,27-28H,2-3,8-10H2,1H3,(H,23,25). The van der Waals surface area contributed by atoms with Gasteiger partial charge < -0.3 is 20.3 Å². The van der Waals surface area contributed by atoms with Crippen molar-refractivity contribution in [2.24, 2.45) is 0 Å². The number of alkyl halides is 3. The van der Waals surface area contributed by atoms with E-state index in [2.05, 4.69) is 11.9 Å². The van der Waals surface area contributed by atoms with E-state index in [1.54, 1.807) is 18.2 Å². The molecule has 1 unspecified atom stereocenters. The Hall–Kier alpha value is -2.04. The highest BCUT2D eigenvalue weighted by atomic mass is 35.5. The van der Waals surface area contributed by atoms with Gasteiger partial charge in [0.15, 0.2) is 0 Å². The number of halogens is 4. The van der Waals surface area contributed by atoms with E-state index < -0.39 is 44.1 Å². The normalized spacial score (nSPS) is 12.2. The summed E-state index contributed by atoms with van der Waals surface area (Å²) in [6, 6.07) is 5.16. The molecule has 0 saturated carbocycles. The van der Waals surface area contributed by atoms with Crippen LogP contribution in [0.2, 0.25) is 5.02 Å². The molecule has 0 aliphatic carbocycles. The van der Waals surface area contributed by atoms with Gasteiger partial charge in [-0.25, -0.2) is 0 Å². The Morgan fingerprint density at radius 3 is 2.50 bits per heavy atom. The molecule has 154 valence electrons. The first-order chi connectivity index (χ1) is 13.0. The fourth-order valence-corrected chi connectivity index (χ4v) is 2.71. The summed E-state index contributed by atoms with van der Waals surface area (Å²) in [7, 11) is -1.99. The average Bonchev–Trinajstić information content (AvgIpc) is 2.59. The maximum atomic E-state index is 12.6. The van der Waals surface area contributed by atoms with Crippen LogP contribution in [0.25, 0.3) is 0 Å². The minimum atomic E-state index is -4.70. The van der Waals surface area contributed by atoms with E-state index in [4.69, 9.17) is 11.6 Å². The number of nitrogens with one attached hydrogen (secondary N) is 1. The van der Waals surface area contributed by atoms with E-state index >= 15 is 0 Å². The fraction of sp³-hybridized carbons (Fsp3) is 0.412. The number of benzene rings is 1. The molecule has 0 saturated heterocycles. The summed E-state index contributed by atoms with van der Waals surface area (Å²) in [5, 5.41) is 21.6. The van der Waals surface area contributed by atoms with E-state index in [1.807, 2.05) is 6.92 Å². The van der Waals surface area contributed by atoms with Crippen molar-refractivity contribution in [1.82, 2.24) is 10.2 Å². The van der Waals surface area contributed by atoms with Crippen molar-refractivity contribution in [3.63, 3.8) is 0 Å². The Balaban J connectivity index is 2.86. The first-order valence-corrected chi connectivity index (χ1v) is 8.75. The topological polar surface area (TPSA) is 89.9 Å². The van der Waals surface area contributed by atoms with Crippen LogP contribution in [-0.4, -0.2) is 59.1 Å². The Bertz CT molecular complexity index is 716. The number of amides is 2. The van der Waals surface area contributed by atoms with Gasteiger partial charge in [-0.2, -0.15) is 13.2 Å². The maximum absolute atomic E-state index is 12.6. The highest BCUT2D eigenvalue weighted by molar-refractivity contribution is 6.43. The van der Waals surface area contributed by atoms with Crippen LogP contribution in [0.15, 0.2) is 30.9 Å². The average molecular weight is 421 g/mol. The van der Waals surface area contributed by atoms with Gasteiger partial charge in [0.25, 0.3) is 0 Å². The number of carbonyl (C=O) groups excluding carboxylic acids is 2. The molecule has 6 nitrogen and oxygen atoms in total. The Morgan fingerprint density at radius 1 is 1.39 bits per heavy atom. The molecule has 0 spiro atoms. The zero-order chi connectivity index (χ0) is 21.5. The first kappa shape index (κ1) is 24.0. The van der Waals surface area contributed by atoms with E-state index in [-0.39, 0.29) is 11.3 Å². The van der Waals surface area contributed by atoms with E-state index in [1.165, 1.54) is 0 Å². The SMILES string of the molecule is C=CC(=O)N(CC(=O)NC(Cc1ccc(CC)cc1Cl)B(O)O)CC(F)(F)F. The molecule has 1 aromatic rings. The van der Waals surface area contributed by atoms with Crippen molar-refractivity contribution in [2.75, 3.05) is 13.1 Å². The highest BCUT2D eigenvalue weighted by Crippen LogP contribution is 2.20. The molecule has 0 aliphatic rings. The summed E-state index contributed by atoms with van der Waals surface area (Å²) >= 11 is 6.15. The third-order valence-corrected chi connectivity index (χ3v) is 4.21. The first-order valence-electron chi connectivity index (χ1n) is 8.37. The Morgan fingerprint density at radius 2 is 2.04 bits per heavy atom. The van der Waals surface area contributed by atoms with Crippen LogP contribution in [-0.2, 0) is 22.4 Å². The van der Waals surface area contributed by atoms with Gasteiger partial charge in [0.1, 0.15) is 13.1 Å². The van der Waals surface area contributed by atoms with E-state index in [9.17, 15) is 32.8 Å². The summed E-state index contributed by atoms with van der Waals surface area (Å²) in [6.07, 6.45) is -3.37. The zero-order valence-electron chi connectivity index (χ0n) is 15.2. The minimum Gasteiger partial charge on any atom is -0.426 e. The lowest BCUT2D eigenvalue weighted by molar-refractivity contribution is -0.160. The molecule has 28 heavy (non-hydrogen) atoms. The molecule has 11 heteroatoms. The van der Waals surface area contributed by atoms with Gasteiger partial charge in [0, 0.05) is 5.02 Å². The van der Waals surface area contributed by atoms with Crippen molar-refractivity contribution >= 4 is 30.5 Å². The van der Waals surface area contributed by atoms with Gasteiger partial charge in [-0.1, -0.05) is 37.2 Å². The van der Waals surface area contributed by atoms with Crippen molar-refractivity contribution in [1.29, 1.82) is 0 Å².